The summed E-state index contributed by atoms with van der Waals surface area (Å²) in [6, 6.07) is 4.27. The first kappa shape index (κ1) is 15.6. The summed E-state index contributed by atoms with van der Waals surface area (Å²) in [6.07, 6.45) is 1.01. The van der Waals surface area contributed by atoms with E-state index in [-0.39, 0.29) is 29.6 Å². The molecule has 0 aliphatic rings. The van der Waals surface area contributed by atoms with Crippen LogP contribution >= 0.6 is 0 Å². The lowest BCUT2D eigenvalue weighted by Crippen LogP contribution is -2.31. The molecule has 0 fully saturated rings. The van der Waals surface area contributed by atoms with E-state index in [2.05, 4.69) is 26.1 Å². The minimum atomic E-state index is -0.353. The van der Waals surface area contributed by atoms with Crippen molar-refractivity contribution in [3.05, 3.63) is 29.6 Å². The lowest BCUT2D eigenvalue weighted by atomic mass is 9.87. The number of halogens is 1. The molecule has 1 rings (SSSR count). The second-order valence-corrected chi connectivity index (χ2v) is 6.29. The Labute approximate surface area is 114 Å². The molecule has 3 nitrogen and oxygen atoms in total. The minimum absolute atomic E-state index is 0.0924. The van der Waals surface area contributed by atoms with E-state index in [0.29, 0.717) is 5.69 Å². The van der Waals surface area contributed by atoms with Gasteiger partial charge in [-0.3, -0.25) is 4.79 Å². The molecule has 3 N–H and O–H groups in total. The number of rotatable bonds is 4. The van der Waals surface area contributed by atoms with Gasteiger partial charge in [0.25, 0.3) is 0 Å². The van der Waals surface area contributed by atoms with Crippen molar-refractivity contribution < 1.29 is 9.18 Å². The second-order valence-electron chi connectivity index (χ2n) is 6.29. The standard InChI is InChI=1S/C15H23FN2O/c1-10-5-11(16)7-13(6-10)18-14(19)8-12(17)9-15(2,3)4/h5-7,12H,8-9,17H2,1-4H3,(H,18,19). The molecule has 1 unspecified atom stereocenters. The molecule has 1 atom stereocenters. The Bertz CT molecular complexity index is 432. The molecule has 1 aromatic rings. The van der Waals surface area contributed by atoms with Crippen molar-refractivity contribution >= 4 is 11.6 Å². The van der Waals surface area contributed by atoms with Gasteiger partial charge in [0.05, 0.1) is 0 Å². The fourth-order valence-corrected chi connectivity index (χ4v) is 2.12. The van der Waals surface area contributed by atoms with Crippen molar-refractivity contribution in [3.63, 3.8) is 0 Å². The van der Waals surface area contributed by atoms with Gasteiger partial charge in [0.2, 0.25) is 5.91 Å². The number of hydrogen-bond acceptors (Lipinski definition) is 2. The molecule has 4 heteroatoms. The minimum Gasteiger partial charge on any atom is -0.327 e. The van der Waals surface area contributed by atoms with E-state index in [9.17, 15) is 9.18 Å². The Morgan fingerprint density at radius 2 is 2.00 bits per heavy atom. The van der Waals surface area contributed by atoms with Crippen LogP contribution in [0.4, 0.5) is 10.1 Å². The fourth-order valence-electron chi connectivity index (χ4n) is 2.12. The Hall–Kier alpha value is -1.42. The maximum atomic E-state index is 13.2. The summed E-state index contributed by atoms with van der Waals surface area (Å²) >= 11 is 0. The summed E-state index contributed by atoms with van der Waals surface area (Å²) in [6.45, 7) is 8.03. The first-order valence-electron chi connectivity index (χ1n) is 6.48. The Morgan fingerprint density at radius 1 is 1.37 bits per heavy atom. The average molecular weight is 266 g/mol. The van der Waals surface area contributed by atoms with Gasteiger partial charge in [-0.25, -0.2) is 4.39 Å². The monoisotopic (exact) mass is 266 g/mol. The molecule has 0 aliphatic heterocycles. The maximum Gasteiger partial charge on any atom is 0.225 e. The summed E-state index contributed by atoms with van der Waals surface area (Å²) in [5, 5.41) is 2.68. The number of anilines is 1. The number of carbonyl (C=O) groups excluding carboxylic acids is 1. The van der Waals surface area contributed by atoms with Crippen molar-refractivity contribution in [3.8, 4) is 0 Å². The molecule has 1 aromatic carbocycles. The molecule has 0 aliphatic carbocycles. The van der Waals surface area contributed by atoms with Gasteiger partial charge in [0.1, 0.15) is 5.82 Å². The van der Waals surface area contributed by atoms with Gasteiger partial charge in [-0.15, -0.1) is 0 Å². The average Bonchev–Trinajstić information content (AvgIpc) is 2.10. The normalized spacial score (nSPS) is 13.2. The first-order valence-corrected chi connectivity index (χ1v) is 6.48. The molecule has 0 spiro atoms. The van der Waals surface area contributed by atoms with Gasteiger partial charge in [0.15, 0.2) is 0 Å². The smallest absolute Gasteiger partial charge is 0.225 e. The first-order chi connectivity index (χ1) is 8.65. The van der Waals surface area contributed by atoms with Crippen LogP contribution in [-0.2, 0) is 4.79 Å². The Kier molecular flexibility index (Phi) is 5.06. The molecule has 0 heterocycles. The lowest BCUT2D eigenvalue weighted by molar-refractivity contribution is -0.116. The number of nitrogens with one attached hydrogen (secondary N) is 1. The van der Waals surface area contributed by atoms with Crippen LogP contribution in [0.5, 0.6) is 0 Å². The molecular formula is C15H23FN2O. The Morgan fingerprint density at radius 3 is 2.53 bits per heavy atom. The van der Waals surface area contributed by atoms with Gasteiger partial charge in [0, 0.05) is 18.2 Å². The van der Waals surface area contributed by atoms with Gasteiger partial charge < -0.3 is 11.1 Å². The van der Waals surface area contributed by atoms with Crippen molar-refractivity contribution in [1.82, 2.24) is 0 Å². The summed E-state index contributed by atoms with van der Waals surface area (Å²) in [4.78, 5) is 11.8. The SMILES string of the molecule is Cc1cc(F)cc(NC(=O)CC(N)CC(C)(C)C)c1. The van der Waals surface area contributed by atoms with E-state index in [1.807, 2.05) is 0 Å². The van der Waals surface area contributed by atoms with Crippen LogP contribution in [0.3, 0.4) is 0 Å². The highest BCUT2D eigenvalue weighted by Gasteiger charge is 2.18. The predicted molar refractivity (Wildman–Crippen MR) is 76.4 cm³/mol. The number of carbonyl (C=O) groups is 1. The molecule has 0 bridgehead atoms. The zero-order valence-electron chi connectivity index (χ0n) is 12.1. The van der Waals surface area contributed by atoms with Gasteiger partial charge >= 0.3 is 0 Å². The van der Waals surface area contributed by atoms with Crippen molar-refractivity contribution in [1.29, 1.82) is 0 Å². The molecule has 0 saturated heterocycles. The highest BCUT2D eigenvalue weighted by atomic mass is 19.1. The summed E-state index contributed by atoms with van der Waals surface area (Å²) in [7, 11) is 0. The van der Waals surface area contributed by atoms with Gasteiger partial charge in [-0.2, -0.15) is 0 Å². The van der Waals surface area contributed by atoms with Crippen LogP contribution in [0, 0.1) is 18.2 Å². The summed E-state index contributed by atoms with van der Waals surface area (Å²) in [5.41, 5.74) is 7.28. The van der Waals surface area contributed by atoms with Crippen LogP contribution in [0.2, 0.25) is 0 Å². The topological polar surface area (TPSA) is 55.1 Å². The number of hydrogen-bond donors (Lipinski definition) is 2. The molecule has 0 aromatic heterocycles. The molecule has 0 radical (unpaired) electrons. The van der Waals surface area contributed by atoms with E-state index in [4.69, 9.17) is 5.73 Å². The van der Waals surface area contributed by atoms with Crippen molar-refractivity contribution in [2.75, 3.05) is 5.32 Å². The molecule has 106 valence electrons. The second kappa shape index (κ2) is 6.15. The van der Waals surface area contributed by atoms with E-state index in [1.165, 1.54) is 12.1 Å². The van der Waals surface area contributed by atoms with E-state index in [0.717, 1.165) is 12.0 Å². The van der Waals surface area contributed by atoms with E-state index in [1.54, 1.807) is 13.0 Å². The zero-order valence-corrected chi connectivity index (χ0v) is 12.1. The summed E-state index contributed by atoms with van der Waals surface area (Å²) in [5.74, 6) is -0.531. The molecule has 0 saturated carbocycles. The quantitative estimate of drug-likeness (QED) is 0.879. The van der Waals surface area contributed by atoms with Crippen LogP contribution in [0.25, 0.3) is 0 Å². The van der Waals surface area contributed by atoms with Crippen molar-refractivity contribution in [2.24, 2.45) is 11.1 Å². The molecule has 1 amide bonds. The zero-order chi connectivity index (χ0) is 14.6. The van der Waals surface area contributed by atoms with Crippen LogP contribution in [0.15, 0.2) is 18.2 Å². The number of benzene rings is 1. The van der Waals surface area contributed by atoms with Crippen LogP contribution in [-0.4, -0.2) is 11.9 Å². The highest BCUT2D eigenvalue weighted by Crippen LogP contribution is 2.21. The highest BCUT2D eigenvalue weighted by molar-refractivity contribution is 5.91. The third-order valence-electron chi connectivity index (χ3n) is 2.65. The Balaban J connectivity index is 2.55. The van der Waals surface area contributed by atoms with Crippen LogP contribution in [0.1, 0.15) is 39.2 Å². The van der Waals surface area contributed by atoms with Gasteiger partial charge in [-0.1, -0.05) is 20.8 Å². The number of aryl methyl sites for hydroxylation is 1. The van der Waals surface area contributed by atoms with Crippen LogP contribution < -0.4 is 11.1 Å². The van der Waals surface area contributed by atoms with E-state index < -0.39 is 0 Å². The lowest BCUT2D eigenvalue weighted by Gasteiger charge is -2.22. The van der Waals surface area contributed by atoms with Crippen molar-refractivity contribution in [2.45, 2.75) is 46.6 Å². The largest absolute Gasteiger partial charge is 0.327 e. The summed E-state index contributed by atoms with van der Waals surface area (Å²) < 4.78 is 13.2. The third-order valence-corrected chi connectivity index (χ3v) is 2.65. The maximum absolute atomic E-state index is 13.2. The molecular weight excluding hydrogens is 243 g/mol. The predicted octanol–water partition coefficient (Wildman–Crippen LogP) is 3.23. The fraction of sp³-hybridized carbons (Fsp3) is 0.533. The third kappa shape index (κ3) is 6.34. The number of amides is 1. The number of nitrogens with two attached hydrogens (primary N) is 1. The molecule has 19 heavy (non-hydrogen) atoms. The van der Waals surface area contributed by atoms with Gasteiger partial charge in [-0.05, 0) is 42.5 Å². The van der Waals surface area contributed by atoms with E-state index >= 15 is 0 Å².